The average molecular weight is 324 g/mol. The smallest absolute Gasteiger partial charge is 0.157 e. The Morgan fingerprint density at radius 3 is 2.58 bits per heavy atom. The van der Waals surface area contributed by atoms with Gasteiger partial charge in [-0.1, -0.05) is 26.8 Å². The predicted octanol–water partition coefficient (Wildman–Crippen LogP) is 4.77. The van der Waals surface area contributed by atoms with Crippen LogP contribution < -0.4 is 0 Å². The monoisotopic (exact) mass is 324 g/mol. The van der Waals surface area contributed by atoms with Crippen molar-refractivity contribution in [3.63, 3.8) is 0 Å². The Kier molecular flexibility index (Phi) is 3.99. The largest absolute Gasteiger partial charge is 0.339 e. The SMILES string of the molecule is Cc1cc(-c2cnc3ccn(CC(=O)C(C)(C)C)c3c2)ccc1F. The number of rotatable bonds is 3. The molecule has 124 valence electrons. The summed E-state index contributed by atoms with van der Waals surface area (Å²) in [5.74, 6) is -0.0463. The Bertz CT molecular complexity index is 919. The van der Waals surface area contributed by atoms with Crippen molar-refractivity contribution < 1.29 is 9.18 Å². The van der Waals surface area contributed by atoms with Crippen molar-refractivity contribution in [3.8, 4) is 11.1 Å². The highest BCUT2D eigenvalue weighted by Crippen LogP contribution is 2.26. The van der Waals surface area contributed by atoms with Gasteiger partial charge in [-0.05, 0) is 42.3 Å². The summed E-state index contributed by atoms with van der Waals surface area (Å²) >= 11 is 0. The van der Waals surface area contributed by atoms with Gasteiger partial charge in [-0.3, -0.25) is 9.78 Å². The molecule has 0 atom stereocenters. The van der Waals surface area contributed by atoms with Crippen molar-refractivity contribution in [2.75, 3.05) is 0 Å². The van der Waals surface area contributed by atoms with Crippen LogP contribution >= 0.6 is 0 Å². The number of ketones is 1. The summed E-state index contributed by atoms with van der Waals surface area (Å²) in [6, 6.07) is 8.94. The molecule has 0 bridgehead atoms. The molecule has 0 aliphatic rings. The van der Waals surface area contributed by atoms with Gasteiger partial charge in [0.1, 0.15) is 5.82 Å². The van der Waals surface area contributed by atoms with E-state index in [2.05, 4.69) is 4.98 Å². The molecule has 0 fully saturated rings. The summed E-state index contributed by atoms with van der Waals surface area (Å²) in [6.07, 6.45) is 3.67. The van der Waals surface area contributed by atoms with Crippen LogP contribution in [0, 0.1) is 18.2 Å². The Balaban J connectivity index is 2.02. The third-order valence-electron chi connectivity index (χ3n) is 4.26. The quantitative estimate of drug-likeness (QED) is 0.696. The molecular weight excluding hydrogens is 303 g/mol. The van der Waals surface area contributed by atoms with E-state index in [9.17, 15) is 9.18 Å². The number of pyridine rings is 1. The van der Waals surface area contributed by atoms with Crippen molar-refractivity contribution in [1.82, 2.24) is 9.55 Å². The summed E-state index contributed by atoms with van der Waals surface area (Å²) < 4.78 is 15.4. The summed E-state index contributed by atoms with van der Waals surface area (Å²) in [6.45, 7) is 7.83. The van der Waals surface area contributed by atoms with Crippen LogP contribution in [0.25, 0.3) is 22.2 Å². The Morgan fingerprint density at radius 1 is 1.17 bits per heavy atom. The number of nitrogens with zero attached hydrogens (tertiary/aromatic N) is 2. The van der Waals surface area contributed by atoms with Crippen molar-refractivity contribution in [3.05, 3.63) is 54.1 Å². The molecule has 0 aliphatic carbocycles. The van der Waals surface area contributed by atoms with Crippen LogP contribution in [0.15, 0.2) is 42.7 Å². The summed E-state index contributed by atoms with van der Waals surface area (Å²) in [4.78, 5) is 16.8. The van der Waals surface area contributed by atoms with Crippen LogP contribution in [0.5, 0.6) is 0 Å². The first-order chi connectivity index (χ1) is 11.3. The molecule has 0 saturated heterocycles. The second-order valence-electron chi connectivity index (χ2n) is 7.21. The lowest BCUT2D eigenvalue weighted by Crippen LogP contribution is -2.24. The van der Waals surface area contributed by atoms with Crippen LogP contribution in [-0.2, 0) is 11.3 Å². The molecule has 0 amide bonds. The minimum absolute atomic E-state index is 0.169. The maximum Gasteiger partial charge on any atom is 0.157 e. The molecular formula is C20H21FN2O. The van der Waals surface area contributed by atoms with E-state index in [0.29, 0.717) is 12.1 Å². The fourth-order valence-electron chi connectivity index (χ4n) is 2.57. The van der Waals surface area contributed by atoms with Gasteiger partial charge in [0.05, 0.1) is 17.6 Å². The minimum Gasteiger partial charge on any atom is -0.339 e. The fourth-order valence-corrected chi connectivity index (χ4v) is 2.57. The number of carbonyl (C=O) groups excluding carboxylic acids is 1. The summed E-state index contributed by atoms with van der Waals surface area (Å²) in [5, 5.41) is 0. The van der Waals surface area contributed by atoms with Gasteiger partial charge in [-0.25, -0.2) is 4.39 Å². The number of aryl methyl sites for hydroxylation is 1. The molecule has 3 nitrogen and oxygen atoms in total. The van der Waals surface area contributed by atoms with E-state index < -0.39 is 0 Å². The van der Waals surface area contributed by atoms with Gasteiger partial charge >= 0.3 is 0 Å². The van der Waals surface area contributed by atoms with E-state index in [-0.39, 0.29) is 17.0 Å². The predicted molar refractivity (Wildman–Crippen MR) is 94.3 cm³/mol. The van der Waals surface area contributed by atoms with Crippen molar-refractivity contribution >= 4 is 16.8 Å². The third kappa shape index (κ3) is 3.09. The number of carbonyl (C=O) groups is 1. The number of aromatic nitrogens is 2. The molecule has 0 spiro atoms. The van der Waals surface area contributed by atoms with E-state index in [4.69, 9.17) is 0 Å². The molecule has 2 aromatic heterocycles. The van der Waals surface area contributed by atoms with Gasteiger partial charge in [-0.15, -0.1) is 0 Å². The first kappa shape index (κ1) is 16.4. The Hall–Kier alpha value is -2.49. The Labute approximate surface area is 141 Å². The zero-order chi connectivity index (χ0) is 17.5. The van der Waals surface area contributed by atoms with Crippen LogP contribution in [-0.4, -0.2) is 15.3 Å². The number of Topliss-reactive ketones (excluding diaryl/α,β-unsaturated/α-hetero) is 1. The van der Waals surface area contributed by atoms with Crippen LogP contribution in [0.4, 0.5) is 4.39 Å². The maximum atomic E-state index is 13.5. The van der Waals surface area contributed by atoms with E-state index in [1.165, 1.54) is 6.07 Å². The number of hydrogen-bond donors (Lipinski definition) is 0. The highest BCUT2D eigenvalue weighted by Gasteiger charge is 2.21. The van der Waals surface area contributed by atoms with Gasteiger partial charge in [0, 0.05) is 23.4 Å². The normalized spacial score (nSPS) is 11.9. The van der Waals surface area contributed by atoms with E-state index in [1.807, 2.05) is 49.7 Å². The first-order valence-corrected chi connectivity index (χ1v) is 8.00. The van der Waals surface area contributed by atoms with E-state index >= 15 is 0 Å². The number of fused-ring (bicyclic) bond motifs is 1. The number of benzene rings is 1. The van der Waals surface area contributed by atoms with Gasteiger partial charge in [0.25, 0.3) is 0 Å². The summed E-state index contributed by atoms with van der Waals surface area (Å²) in [7, 11) is 0. The molecule has 2 heterocycles. The maximum absolute atomic E-state index is 13.5. The average Bonchev–Trinajstić information content (AvgIpc) is 2.91. The molecule has 0 N–H and O–H groups in total. The second kappa shape index (κ2) is 5.86. The molecule has 0 radical (unpaired) electrons. The highest BCUT2D eigenvalue weighted by molar-refractivity contribution is 5.87. The van der Waals surface area contributed by atoms with E-state index in [0.717, 1.165) is 22.2 Å². The van der Waals surface area contributed by atoms with Crippen LogP contribution in [0.3, 0.4) is 0 Å². The molecule has 3 aromatic rings. The zero-order valence-corrected chi connectivity index (χ0v) is 14.4. The van der Waals surface area contributed by atoms with Gasteiger partial charge in [-0.2, -0.15) is 0 Å². The number of hydrogen-bond acceptors (Lipinski definition) is 2. The van der Waals surface area contributed by atoms with Crippen LogP contribution in [0.2, 0.25) is 0 Å². The van der Waals surface area contributed by atoms with Gasteiger partial charge in [0.15, 0.2) is 5.78 Å². The molecule has 3 rings (SSSR count). The molecule has 4 heteroatoms. The molecule has 0 unspecified atom stereocenters. The lowest BCUT2D eigenvalue weighted by molar-refractivity contribution is -0.126. The molecule has 24 heavy (non-hydrogen) atoms. The summed E-state index contributed by atoms with van der Waals surface area (Å²) in [5.41, 5.74) is 3.81. The van der Waals surface area contributed by atoms with Crippen molar-refractivity contribution in [2.24, 2.45) is 5.41 Å². The molecule has 1 aromatic carbocycles. The molecule has 0 saturated carbocycles. The fraction of sp³-hybridized carbons (Fsp3) is 0.300. The van der Waals surface area contributed by atoms with E-state index in [1.54, 1.807) is 19.2 Å². The second-order valence-corrected chi connectivity index (χ2v) is 7.21. The lowest BCUT2D eigenvalue weighted by Gasteiger charge is -2.17. The van der Waals surface area contributed by atoms with Crippen molar-refractivity contribution in [1.29, 1.82) is 0 Å². The highest BCUT2D eigenvalue weighted by atomic mass is 19.1. The zero-order valence-electron chi connectivity index (χ0n) is 14.4. The first-order valence-electron chi connectivity index (χ1n) is 8.00. The Morgan fingerprint density at radius 2 is 1.92 bits per heavy atom. The number of halogens is 1. The lowest BCUT2D eigenvalue weighted by atomic mass is 9.91. The molecule has 0 aliphatic heterocycles. The standard InChI is InChI=1S/C20H21FN2O/c1-13-9-14(5-6-16(13)21)15-10-18-17(22-11-15)7-8-23(18)12-19(24)20(2,3)4/h5-11H,12H2,1-4H3. The van der Waals surface area contributed by atoms with Gasteiger partial charge < -0.3 is 4.57 Å². The van der Waals surface area contributed by atoms with Gasteiger partial charge in [0.2, 0.25) is 0 Å². The topological polar surface area (TPSA) is 34.9 Å². The van der Waals surface area contributed by atoms with Crippen molar-refractivity contribution in [2.45, 2.75) is 34.2 Å². The van der Waals surface area contributed by atoms with Crippen LogP contribution in [0.1, 0.15) is 26.3 Å². The minimum atomic E-state index is -0.379. The third-order valence-corrected chi connectivity index (χ3v) is 4.26.